The second-order valence-electron chi connectivity index (χ2n) is 0. The molecule has 0 aliphatic rings. The molecule has 0 spiro atoms. The molecule has 0 aliphatic heterocycles. The second kappa shape index (κ2) is 16.4. The average molecular weight is 325 g/mol. The number of rotatable bonds is 0. The molecule has 0 aliphatic carbocycles. The van der Waals surface area contributed by atoms with Gasteiger partial charge >= 0.3 is 86.5 Å². The van der Waals surface area contributed by atoms with E-state index >= 15 is 0 Å². The van der Waals surface area contributed by atoms with Crippen LogP contribution in [0.25, 0.3) is 0 Å². The fourth-order valence-electron chi connectivity index (χ4n) is 0. The van der Waals surface area contributed by atoms with Gasteiger partial charge in [0.1, 0.15) is 0 Å². The Hall–Kier alpha value is 3.15. The van der Waals surface area contributed by atoms with E-state index in [4.69, 9.17) is 0 Å². The number of hydrogen-bond donors (Lipinski definition) is 0. The molecule has 4 heavy (non-hydrogen) atoms. The molecule has 0 amide bonds. The third-order valence-corrected chi connectivity index (χ3v) is 0. The summed E-state index contributed by atoms with van der Waals surface area (Å²) >= 11 is 0. The van der Waals surface area contributed by atoms with Crippen LogP contribution in [0.3, 0.4) is 0 Å². The standard InChI is InChI=1S/H2S.H2Se.Sn.Sr.4H/h2*1H2;;;;;;. The Morgan fingerprint density at radius 2 is 1.00 bits per heavy atom. The maximum atomic E-state index is 0. The first-order valence-electron chi connectivity index (χ1n) is 0. The minimum absolute atomic E-state index is 0. The van der Waals surface area contributed by atoms with Crippen molar-refractivity contribution in [1.82, 2.24) is 0 Å². The Kier molecular flexibility index (Phi) is 112. The normalized spacial score (nSPS) is 0. The molecule has 0 nitrogen and oxygen atoms in total. The van der Waals surface area contributed by atoms with Gasteiger partial charge in [0, 0.05) is 0 Å². The topological polar surface area (TPSA) is 0 Å². The summed E-state index contributed by atoms with van der Waals surface area (Å²) in [6.07, 6.45) is 0. The molecule has 0 N–H and O–H groups in total. The minimum atomic E-state index is 0. The fourth-order valence-corrected chi connectivity index (χ4v) is 0. The SMILES string of the molecule is S.[SeH2].[SnH2].[SrH2]. The van der Waals surface area contributed by atoms with Crippen LogP contribution in [-0.2, 0) is 0 Å². The van der Waals surface area contributed by atoms with E-state index in [1.165, 1.54) is 0 Å². The molecular weight excluding hydrogens is 317 g/mol. The molecule has 4 heteroatoms. The van der Waals surface area contributed by atoms with E-state index in [1.54, 1.807) is 0 Å². The second-order valence-corrected chi connectivity index (χ2v) is 0. The molecular formula is H8SSeSnSr. The van der Waals surface area contributed by atoms with Crippen molar-refractivity contribution in [2.24, 2.45) is 0 Å². The molecule has 0 atom stereocenters. The van der Waals surface area contributed by atoms with Crippen molar-refractivity contribution in [1.29, 1.82) is 0 Å². The molecule has 2 radical (unpaired) electrons. The van der Waals surface area contributed by atoms with Crippen LogP contribution in [0.5, 0.6) is 0 Å². The summed E-state index contributed by atoms with van der Waals surface area (Å²) in [6.45, 7) is 0. The molecule has 0 fully saturated rings. The van der Waals surface area contributed by atoms with Crippen molar-refractivity contribution in [3.63, 3.8) is 0 Å². The summed E-state index contributed by atoms with van der Waals surface area (Å²) in [4.78, 5) is 0. The van der Waals surface area contributed by atoms with Gasteiger partial charge < -0.3 is 0 Å². The Morgan fingerprint density at radius 3 is 1.00 bits per heavy atom. The zero-order valence-corrected chi connectivity index (χ0v) is 8.84. The third kappa shape index (κ3) is 8.94. The van der Waals surface area contributed by atoms with E-state index in [2.05, 4.69) is 0 Å². The summed E-state index contributed by atoms with van der Waals surface area (Å²) in [6, 6.07) is 0. The van der Waals surface area contributed by atoms with Gasteiger partial charge in [-0.2, -0.15) is 13.5 Å². The summed E-state index contributed by atoms with van der Waals surface area (Å²) in [5.74, 6) is 0. The molecule has 0 rings (SSSR count). The molecule has 0 bridgehead atoms. The van der Waals surface area contributed by atoms with Gasteiger partial charge in [0.25, 0.3) is 0 Å². The molecule has 26 valence electrons. The van der Waals surface area contributed by atoms with Crippen LogP contribution in [0.4, 0.5) is 0 Å². The first-order valence-corrected chi connectivity index (χ1v) is 0. The monoisotopic (exact) mass is 328 g/mol. The molecule has 0 aromatic rings. The van der Waals surface area contributed by atoms with Crippen molar-refractivity contribution in [2.45, 2.75) is 0 Å². The van der Waals surface area contributed by atoms with E-state index in [-0.39, 0.29) is 100.0 Å². The third-order valence-electron chi connectivity index (χ3n) is 0. The van der Waals surface area contributed by atoms with Crippen molar-refractivity contribution in [3.8, 4) is 0 Å². The van der Waals surface area contributed by atoms with Gasteiger partial charge in [-0.3, -0.25) is 0 Å². The van der Waals surface area contributed by atoms with Crippen LogP contribution < -0.4 is 0 Å². The van der Waals surface area contributed by atoms with Gasteiger partial charge in [-0.15, -0.1) is 0 Å². The zero-order valence-electron chi connectivity index (χ0n) is 1.71. The van der Waals surface area contributed by atoms with Crippen LogP contribution in [0.1, 0.15) is 0 Å². The fraction of sp³-hybridized carbons (Fsp3) is 0. The van der Waals surface area contributed by atoms with Crippen molar-refractivity contribution >= 4 is 100.0 Å². The van der Waals surface area contributed by atoms with Gasteiger partial charge in [-0.25, -0.2) is 0 Å². The predicted octanol–water partition coefficient (Wildman–Crippen LogP) is -2.64. The van der Waals surface area contributed by atoms with E-state index in [0.29, 0.717) is 0 Å². The summed E-state index contributed by atoms with van der Waals surface area (Å²) in [5.41, 5.74) is 0. The van der Waals surface area contributed by atoms with Crippen LogP contribution in [0, 0.1) is 0 Å². The molecule has 0 saturated carbocycles. The molecule has 0 heterocycles. The predicted molar refractivity (Wildman–Crippen MR) is 36.0 cm³/mol. The Balaban J connectivity index is 0. The van der Waals surface area contributed by atoms with Crippen LogP contribution in [-0.4, -0.2) is 86.5 Å². The molecule has 0 aromatic carbocycles. The van der Waals surface area contributed by atoms with Crippen LogP contribution in [0.2, 0.25) is 0 Å². The Morgan fingerprint density at radius 1 is 1.00 bits per heavy atom. The first-order chi connectivity index (χ1) is 0. The Labute approximate surface area is 97.6 Å². The summed E-state index contributed by atoms with van der Waals surface area (Å²) < 4.78 is 0. The van der Waals surface area contributed by atoms with E-state index < -0.39 is 0 Å². The van der Waals surface area contributed by atoms with Gasteiger partial charge in [0.15, 0.2) is 0 Å². The van der Waals surface area contributed by atoms with Crippen molar-refractivity contribution in [2.75, 3.05) is 0 Å². The van der Waals surface area contributed by atoms with E-state index in [0.717, 1.165) is 0 Å². The van der Waals surface area contributed by atoms with Gasteiger partial charge in [0.2, 0.25) is 0 Å². The first kappa shape index (κ1) is 27.3. The molecule has 0 unspecified atom stereocenters. The Bertz CT molecular complexity index is 8.00. The molecule has 0 aromatic heterocycles. The van der Waals surface area contributed by atoms with Crippen molar-refractivity contribution < 1.29 is 0 Å². The molecule has 0 saturated heterocycles. The van der Waals surface area contributed by atoms with Crippen LogP contribution >= 0.6 is 13.5 Å². The van der Waals surface area contributed by atoms with E-state index in [9.17, 15) is 0 Å². The van der Waals surface area contributed by atoms with Crippen LogP contribution in [0.15, 0.2) is 0 Å². The van der Waals surface area contributed by atoms with Gasteiger partial charge in [-0.05, 0) is 0 Å². The van der Waals surface area contributed by atoms with E-state index in [1.807, 2.05) is 0 Å². The van der Waals surface area contributed by atoms with Gasteiger partial charge in [-0.1, -0.05) is 0 Å². The zero-order chi connectivity index (χ0) is 0. The van der Waals surface area contributed by atoms with Gasteiger partial charge in [0.05, 0.1) is 0 Å². The average Bonchev–Trinajstić information content (AvgIpc) is 0. The quantitative estimate of drug-likeness (QED) is 0.428. The number of hydrogen-bond acceptors (Lipinski definition) is 0. The summed E-state index contributed by atoms with van der Waals surface area (Å²) in [7, 11) is 0. The maximum absolute atomic E-state index is 0. The summed E-state index contributed by atoms with van der Waals surface area (Å²) in [5, 5.41) is 0. The van der Waals surface area contributed by atoms with Crippen molar-refractivity contribution in [3.05, 3.63) is 0 Å².